The Bertz CT molecular complexity index is 1240. The second-order valence-electron chi connectivity index (χ2n) is 9.34. The van der Waals surface area contributed by atoms with Crippen LogP contribution in [0.1, 0.15) is 30.0 Å². The van der Waals surface area contributed by atoms with Gasteiger partial charge in [0, 0.05) is 36.9 Å². The number of anilines is 1. The third-order valence-electron chi connectivity index (χ3n) is 6.76. The number of benzene rings is 2. The normalized spacial score (nSPS) is 13.6. The largest absolute Gasteiger partial charge is 0.493 e. The first-order valence-corrected chi connectivity index (χ1v) is 13.2. The van der Waals surface area contributed by atoms with Gasteiger partial charge in [-0.1, -0.05) is 6.07 Å². The van der Waals surface area contributed by atoms with Crippen LogP contribution in [-0.4, -0.2) is 69.1 Å². The minimum absolute atomic E-state index is 0.0559. The summed E-state index contributed by atoms with van der Waals surface area (Å²) in [6, 6.07) is 10.1. The van der Waals surface area contributed by atoms with Gasteiger partial charge in [-0.05, 0) is 84.6 Å². The average molecular weight is 510 g/mol. The van der Waals surface area contributed by atoms with E-state index in [-0.39, 0.29) is 11.8 Å². The third-order valence-corrected chi connectivity index (χ3v) is 7.75. The Kier molecular flexibility index (Phi) is 8.48. The fourth-order valence-corrected chi connectivity index (χ4v) is 5.80. The number of carbonyl (C=O) groups is 2. The van der Waals surface area contributed by atoms with E-state index >= 15 is 0 Å². The van der Waals surface area contributed by atoms with Crippen molar-refractivity contribution in [3.63, 3.8) is 0 Å². The molecule has 36 heavy (non-hydrogen) atoms. The fraction of sp³-hybridized carbons (Fsp3) is 0.429. The molecule has 2 heterocycles. The molecule has 2 aromatic carbocycles. The lowest BCUT2D eigenvalue weighted by Crippen LogP contribution is -2.35. The lowest BCUT2D eigenvalue weighted by Gasteiger charge is -2.22. The summed E-state index contributed by atoms with van der Waals surface area (Å²) in [5.41, 5.74) is 4.37. The predicted molar refractivity (Wildman–Crippen MR) is 145 cm³/mol. The maximum absolute atomic E-state index is 12.9. The zero-order valence-corrected chi connectivity index (χ0v) is 22.4. The van der Waals surface area contributed by atoms with Gasteiger partial charge in [-0.3, -0.25) is 9.59 Å². The van der Waals surface area contributed by atoms with Gasteiger partial charge < -0.3 is 24.6 Å². The van der Waals surface area contributed by atoms with Crippen molar-refractivity contribution in [1.82, 2.24) is 9.80 Å². The molecular weight excluding hydrogens is 474 g/mol. The zero-order valence-electron chi connectivity index (χ0n) is 21.6. The minimum Gasteiger partial charge on any atom is -0.493 e. The van der Waals surface area contributed by atoms with Crippen molar-refractivity contribution in [2.45, 2.75) is 32.6 Å². The molecule has 1 aliphatic rings. The van der Waals surface area contributed by atoms with Crippen molar-refractivity contribution in [2.75, 3.05) is 52.8 Å². The van der Waals surface area contributed by atoms with Crippen LogP contribution in [-0.2, 0) is 28.9 Å². The fourth-order valence-electron chi connectivity index (χ4n) is 4.76. The number of ether oxygens (including phenoxy) is 2. The Morgan fingerprint density at radius 1 is 1.11 bits per heavy atom. The van der Waals surface area contributed by atoms with E-state index < -0.39 is 0 Å². The number of hydrogen-bond donors (Lipinski definition) is 1. The highest BCUT2D eigenvalue weighted by atomic mass is 32.1. The molecule has 8 heteroatoms. The number of thiophene rings is 1. The molecule has 0 aliphatic carbocycles. The molecule has 192 valence electrons. The van der Waals surface area contributed by atoms with Gasteiger partial charge in [0.1, 0.15) is 0 Å². The number of carbonyl (C=O) groups excluding carboxylic acids is 2. The first-order valence-electron chi connectivity index (χ1n) is 12.4. The van der Waals surface area contributed by atoms with E-state index in [1.54, 1.807) is 25.6 Å². The van der Waals surface area contributed by atoms with Gasteiger partial charge in [-0.2, -0.15) is 0 Å². The van der Waals surface area contributed by atoms with Crippen LogP contribution in [0.4, 0.5) is 5.69 Å². The summed E-state index contributed by atoms with van der Waals surface area (Å²) >= 11 is 1.72. The summed E-state index contributed by atoms with van der Waals surface area (Å²) in [7, 11) is 5.40. The molecule has 0 unspecified atom stereocenters. The summed E-state index contributed by atoms with van der Waals surface area (Å²) < 4.78 is 12.0. The number of amides is 2. The van der Waals surface area contributed by atoms with Gasteiger partial charge >= 0.3 is 0 Å². The highest BCUT2D eigenvalue weighted by Gasteiger charge is 2.22. The quantitative estimate of drug-likeness (QED) is 0.440. The van der Waals surface area contributed by atoms with Crippen molar-refractivity contribution in [1.29, 1.82) is 0 Å². The van der Waals surface area contributed by atoms with Crippen molar-refractivity contribution in [3.05, 3.63) is 52.4 Å². The number of hydrogen-bond acceptors (Lipinski definition) is 6. The summed E-state index contributed by atoms with van der Waals surface area (Å²) in [5.74, 6) is 1.50. The highest BCUT2D eigenvalue weighted by molar-refractivity contribution is 7.17. The van der Waals surface area contributed by atoms with Gasteiger partial charge in [-0.25, -0.2) is 0 Å². The van der Waals surface area contributed by atoms with Crippen molar-refractivity contribution in [2.24, 2.45) is 0 Å². The van der Waals surface area contributed by atoms with Crippen LogP contribution < -0.4 is 14.8 Å². The molecule has 4 rings (SSSR count). The molecule has 3 aromatic rings. The molecule has 0 atom stereocenters. The van der Waals surface area contributed by atoms with Crippen LogP contribution in [0.15, 0.2) is 35.7 Å². The Morgan fingerprint density at radius 3 is 2.58 bits per heavy atom. The topological polar surface area (TPSA) is 71.1 Å². The maximum atomic E-state index is 12.9. The van der Waals surface area contributed by atoms with Crippen LogP contribution in [0.25, 0.3) is 10.1 Å². The van der Waals surface area contributed by atoms with Crippen LogP contribution in [0.3, 0.4) is 0 Å². The second-order valence-corrected chi connectivity index (χ2v) is 10.3. The van der Waals surface area contributed by atoms with E-state index in [2.05, 4.69) is 28.7 Å². The number of rotatable bonds is 10. The number of nitrogens with one attached hydrogen (secondary N) is 1. The SMILES string of the molecule is COc1cc2c(cc1OC)CC(=O)N(CCCN(C)CCc1csc3cc(NC(C)=O)ccc13)CC2. The van der Waals surface area contributed by atoms with E-state index in [0.717, 1.165) is 62.3 Å². The number of methoxy groups -OCH3 is 2. The summed E-state index contributed by atoms with van der Waals surface area (Å²) in [6.45, 7) is 4.91. The first kappa shape index (κ1) is 26.0. The third kappa shape index (κ3) is 6.17. The molecule has 1 N–H and O–H groups in total. The Balaban J connectivity index is 1.26. The molecule has 0 saturated carbocycles. The summed E-state index contributed by atoms with van der Waals surface area (Å²) in [4.78, 5) is 28.6. The van der Waals surface area contributed by atoms with Crippen molar-refractivity contribution < 1.29 is 19.1 Å². The number of fused-ring (bicyclic) bond motifs is 2. The molecule has 0 bridgehead atoms. The standard InChI is InChI=1S/C28H35N3O4S/c1-19(32)29-23-6-7-24-21(18-36-27(24)17-23)8-12-30(2)10-5-11-31-13-9-20-14-25(34-3)26(35-4)15-22(20)16-28(31)33/h6-7,14-15,17-18H,5,8-13,16H2,1-4H3,(H,29,32). The van der Waals surface area contributed by atoms with Crippen LogP contribution in [0, 0.1) is 0 Å². The number of nitrogens with zero attached hydrogens (tertiary/aromatic N) is 2. The molecule has 0 saturated heterocycles. The average Bonchev–Trinajstić information content (AvgIpc) is 3.19. The van der Waals surface area contributed by atoms with E-state index in [1.807, 2.05) is 29.2 Å². The summed E-state index contributed by atoms with van der Waals surface area (Å²) in [6.07, 6.45) is 3.14. The molecule has 2 amide bonds. The highest BCUT2D eigenvalue weighted by Crippen LogP contribution is 2.32. The van der Waals surface area contributed by atoms with Gasteiger partial charge in [0.2, 0.25) is 11.8 Å². The van der Waals surface area contributed by atoms with Crippen LogP contribution >= 0.6 is 11.3 Å². The molecular formula is C28H35N3O4S. The minimum atomic E-state index is -0.0559. The maximum Gasteiger partial charge on any atom is 0.227 e. The van der Waals surface area contributed by atoms with E-state index in [4.69, 9.17) is 9.47 Å². The van der Waals surface area contributed by atoms with Crippen molar-refractivity contribution >= 4 is 38.9 Å². The van der Waals surface area contributed by atoms with Gasteiger partial charge in [0.15, 0.2) is 11.5 Å². The van der Waals surface area contributed by atoms with Gasteiger partial charge in [-0.15, -0.1) is 11.3 Å². The smallest absolute Gasteiger partial charge is 0.227 e. The Labute approximate surface area is 217 Å². The lowest BCUT2D eigenvalue weighted by atomic mass is 10.0. The monoisotopic (exact) mass is 509 g/mol. The zero-order chi connectivity index (χ0) is 25.7. The van der Waals surface area contributed by atoms with E-state index in [0.29, 0.717) is 17.9 Å². The summed E-state index contributed by atoms with van der Waals surface area (Å²) in [5, 5.41) is 6.32. The van der Waals surface area contributed by atoms with Gasteiger partial charge in [0.05, 0.1) is 20.6 Å². The Hall–Kier alpha value is -3.10. The predicted octanol–water partition coefficient (Wildman–Crippen LogP) is 4.37. The molecule has 0 fully saturated rings. The molecule has 1 aliphatic heterocycles. The molecule has 0 spiro atoms. The first-order chi connectivity index (χ1) is 17.4. The molecule has 0 radical (unpaired) electrons. The molecule has 1 aromatic heterocycles. The second kappa shape index (κ2) is 11.8. The van der Waals surface area contributed by atoms with Gasteiger partial charge in [0.25, 0.3) is 0 Å². The van der Waals surface area contributed by atoms with Crippen LogP contribution in [0.5, 0.6) is 11.5 Å². The van der Waals surface area contributed by atoms with Crippen molar-refractivity contribution in [3.8, 4) is 11.5 Å². The van der Waals surface area contributed by atoms with Crippen LogP contribution in [0.2, 0.25) is 0 Å². The number of likely N-dealkylation sites (N-methyl/N-ethyl adjacent to an activating group) is 1. The van der Waals surface area contributed by atoms with E-state index in [1.165, 1.54) is 22.6 Å². The lowest BCUT2D eigenvalue weighted by molar-refractivity contribution is -0.130. The molecule has 7 nitrogen and oxygen atoms in total. The Morgan fingerprint density at radius 2 is 1.86 bits per heavy atom. The van der Waals surface area contributed by atoms with E-state index in [9.17, 15) is 9.59 Å².